The molecule has 1 amide bonds. The number of benzene rings is 1. The molecule has 0 aliphatic carbocycles. The monoisotopic (exact) mass is 291 g/mol. The molecule has 0 radical (unpaired) electrons. The molecule has 1 aliphatic rings. The lowest BCUT2D eigenvalue weighted by Crippen LogP contribution is -2.36. The average molecular weight is 291 g/mol. The number of nitrogens with zero attached hydrogens (tertiary/aromatic N) is 2. The van der Waals surface area contributed by atoms with Gasteiger partial charge in [0, 0.05) is 37.5 Å². The van der Waals surface area contributed by atoms with Crippen LogP contribution in [0.3, 0.4) is 0 Å². The number of amides is 1. The molecule has 0 aromatic heterocycles. The molecule has 1 aromatic carbocycles. The molecule has 0 unspecified atom stereocenters. The van der Waals surface area contributed by atoms with Gasteiger partial charge in [-0.3, -0.25) is 14.9 Å². The number of non-ortho nitro benzene ring substituents is 1. The van der Waals surface area contributed by atoms with Crippen LogP contribution in [0.15, 0.2) is 18.2 Å². The number of likely N-dealkylation sites (tertiary alicyclic amines) is 1. The van der Waals surface area contributed by atoms with Gasteiger partial charge < -0.3 is 10.2 Å². The predicted octanol–water partition coefficient (Wildman–Crippen LogP) is 3.04. The van der Waals surface area contributed by atoms with E-state index in [0.29, 0.717) is 11.3 Å². The van der Waals surface area contributed by atoms with Crippen molar-refractivity contribution >= 4 is 17.3 Å². The highest BCUT2D eigenvalue weighted by Crippen LogP contribution is 2.25. The topological polar surface area (TPSA) is 75.5 Å². The van der Waals surface area contributed by atoms with Crippen LogP contribution >= 0.6 is 0 Å². The van der Waals surface area contributed by atoms with Gasteiger partial charge in [-0.1, -0.05) is 6.92 Å². The van der Waals surface area contributed by atoms with E-state index >= 15 is 0 Å². The minimum Gasteiger partial charge on any atom is -0.384 e. The van der Waals surface area contributed by atoms with Gasteiger partial charge in [-0.05, 0) is 31.7 Å². The zero-order valence-corrected chi connectivity index (χ0v) is 12.3. The van der Waals surface area contributed by atoms with E-state index in [4.69, 9.17) is 0 Å². The van der Waals surface area contributed by atoms with Crippen molar-refractivity contribution in [3.8, 4) is 0 Å². The van der Waals surface area contributed by atoms with Crippen molar-refractivity contribution in [2.45, 2.75) is 32.6 Å². The van der Waals surface area contributed by atoms with Crippen LogP contribution in [0.25, 0.3) is 0 Å². The summed E-state index contributed by atoms with van der Waals surface area (Å²) in [5.74, 6) is -0.114. The Hall–Kier alpha value is -2.11. The first-order valence-corrected chi connectivity index (χ1v) is 7.45. The Kier molecular flexibility index (Phi) is 5.14. The van der Waals surface area contributed by atoms with Gasteiger partial charge in [0.15, 0.2) is 0 Å². The van der Waals surface area contributed by atoms with Crippen LogP contribution in [-0.2, 0) is 0 Å². The van der Waals surface area contributed by atoms with Gasteiger partial charge in [0.25, 0.3) is 11.6 Å². The minimum absolute atomic E-state index is 0.0441. The summed E-state index contributed by atoms with van der Waals surface area (Å²) in [5.41, 5.74) is 1.04. The molecule has 1 fully saturated rings. The van der Waals surface area contributed by atoms with E-state index in [9.17, 15) is 14.9 Å². The average Bonchev–Trinajstić information content (AvgIpc) is 2.52. The zero-order chi connectivity index (χ0) is 15.2. The molecule has 6 nitrogen and oxygen atoms in total. The summed E-state index contributed by atoms with van der Waals surface area (Å²) in [5, 5.41) is 14.1. The SMILES string of the molecule is CCCNc1ccc([N+](=O)[O-])cc1C(=O)N1CCCCC1. The second-order valence-corrected chi connectivity index (χ2v) is 5.27. The summed E-state index contributed by atoms with van der Waals surface area (Å²) < 4.78 is 0. The van der Waals surface area contributed by atoms with E-state index in [2.05, 4.69) is 5.32 Å². The maximum Gasteiger partial charge on any atom is 0.270 e. The van der Waals surface area contributed by atoms with Gasteiger partial charge in [0.05, 0.1) is 10.5 Å². The van der Waals surface area contributed by atoms with Crippen LogP contribution in [0.5, 0.6) is 0 Å². The summed E-state index contributed by atoms with van der Waals surface area (Å²) in [4.78, 5) is 24.9. The first-order chi connectivity index (χ1) is 10.1. The fraction of sp³-hybridized carbons (Fsp3) is 0.533. The Morgan fingerprint density at radius 2 is 2.05 bits per heavy atom. The van der Waals surface area contributed by atoms with Gasteiger partial charge in [0.2, 0.25) is 0 Å². The lowest BCUT2D eigenvalue weighted by molar-refractivity contribution is -0.384. The molecule has 0 atom stereocenters. The van der Waals surface area contributed by atoms with Gasteiger partial charge in [-0.25, -0.2) is 0 Å². The molecular weight excluding hydrogens is 270 g/mol. The van der Waals surface area contributed by atoms with E-state index in [1.807, 2.05) is 6.92 Å². The Morgan fingerprint density at radius 3 is 2.67 bits per heavy atom. The molecule has 0 bridgehead atoms. The summed E-state index contributed by atoms with van der Waals surface area (Å²) >= 11 is 0. The van der Waals surface area contributed by atoms with Crippen molar-refractivity contribution < 1.29 is 9.72 Å². The van der Waals surface area contributed by atoms with Crippen LogP contribution in [0, 0.1) is 10.1 Å². The molecule has 1 saturated heterocycles. The number of nitro benzene ring substituents is 1. The van der Waals surface area contributed by atoms with Crippen LogP contribution in [0.1, 0.15) is 43.0 Å². The maximum atomic E-state index is 12.6. The summed E-state index contributed by atoms with van der Waals surface area (Å²) in [6.07, 6.45) is 4.06. The number of carbonyl (C=O) groups excluding carboxylic acids is 1. The highest BCUT2D eigenvalue weighted by atomic mass is 16.6. The molecule has 114 valence electrons. The van der Waals surface area contributed by atoms with Gasteiger partial charge in [0.1, 0.15) is 0 Å². The molecule has 1 aliphatic heterocycles. The molecular formula is C15H21N3O3. The van der Waals surface area contributed by atoms with E-state index in [0.717, 1.165) is 45.3 Å². The number of carbonyl (C=O) groups is 1. The smallest absolute Gasteiger partial charge is 0.270 e. The Morgan fingerprint density at radius 1 is 1.33 bits per heavy atom. The van der Waals surface area contributed by atoms with Crippen molar-refractivity contribution in [1.29, 1.82) is 0 Å². The molecule has 0 saturated carbocycles. The minimum atomic E-state index is -0.462. The van der Waals surface area contributed by atoms with E-state index in [1.54, 1.807) is 11.0 Å². The number of anilines is 1. The molecule has 0 spiro atoms. The van der Waals surface area contributed by atoms with Crippen LogP contribution in [-0.4, -0.2) is 35.4 Å². The van der Waals surface area contributed by atoms with Gasteiger partial charge >= 0.3 is 0 Å². The quantitative estimate of drug-likeness (QED) is 0.668. The fourth-order valence-electron chi connectivity index (χ4n) is 2.50. The number of nitrogens with one attached hydrogen (secondary N) is 1. The first-order valence-electron chi connectivity index (χ1n) is 7.45. The first kappa shape index (κ1) is 15.3. The molecule has 1 aromatic rings. The van der Waals surface area contributed by atoms with Crippen molar-refractivity contribution in [2.75, 3.05) is 25.0 Å². The lowest BCUT2D eigenvalue weighted by atomic mass is 10.1. The standard InChI is InChI=1S/C15H21N3O3/c1-2-8-16-14-7-6-12(18(20)21)11-13(14)15(19)17-9-4-3-5-10-17/h6-7,11,16H,2-5,8-10H2,1H3. The van der Waals surface area contributed by atoms with Gasteiger partial charge in [-0.15, -0.1) is 0 Å². The highest BCUT2D eigenvalue weighted by Gasteiger charge is 2.23. The maximum absolute atomic E-state index is 12.6. The van der Waals surface area contributed by atoms with Crippen molar-refractivity contribution in [2.24, 2.45) is 0 Å². The number of rotatable bonds is 5. The zero-order valence-electron chi connectivity index (χ0n) is 12.3. The lowest BCUT2D eigenvalue weighted by Gasteiger charge is -2.27. The van der Waals surface area contributed by atoms with Crippen molar-refractivity contribution in [3.05, 3.63) is 33.9 Å². The largest absolute Gasteiger partial charge is 0.384 e. The van der Waals surface area contributed by atoms with Crippen LogP contribution in [0.2, 0.25) is 0 Å². The molecule has 6 heteroatoms. The third kappa shape index (κ3) is 3.71. The molecule has 1 N–H and O–H groups in total. The summed E-state index contributed by atoms with van der Waals surface area (Å²) in [6, 6.07) is 4.45. The van der Waals surface area contributed by atoms with E-state index < -0.39 is 4.92 Å². The predicted molar refractivity (Wildman–Crippen MR) is 81.6 cm³/mol. The number of piperidine rings is 1. The molecule has 1 heterocycles. The Labute approximate surface area is 124 Å². The number of hydrogen-bond acceptors (Lipinski definition) is 4. The van der Waals surface area contributed by atoms with Crippen molar-refractivity contribution in [1.82, 2.24) is 4.90 Å². The van der Waals surface area contributed by atoms with E-state index in [1.165, 1.54) is 12.1 Å². The number of nitro groups is 1. The van der Waals surface area contributed by atoms with Crippen molar-refractivity contribution in [3.63, 3.8) is 0 Å². The van der Waals surface area contributed by atoms with Crippen LogP contribution < -0.4 is 5.32 Å². The number of hydrogen-bond donors (Lipinski definition) is 1. The normalized spacial score (nSPS) is 14.8. The molecule has 2 rings (SSSR count). The third-order valence-corrected chi connectivity index (χ3v) is 3.65. The second kappa shape index (κ2) is 7.06. The Bertz CT molecular complexity index is 525. The summed E-state index contributed by atoms with van der Waals surface area (Å²) in [6.45, 7) is 4.23. The van der Waals surface area contributed by atoms with Crippen LogP contribution in [0.4, 0.5) is 11.4 Å². The Balaban J connectivity index is 2.29. The summed E-state index contributed by atoms with van der Waals surface area (Å²) in [7, 11) is 0. The fourth-order valence-corrected chi connectivity index (χ4v) is 2.50. The third-order valence-electron chi connectivity index (χ3n) is 3.65. The van der Waals surface area contributed by atoms with Gasteiger partial charge in [-0.2, -0.15) is 0 Å². The van der Waals surface area contributed by atoms with E-state index in [-0.39, 0.29) is 11.6 Å². The molecule has 21 heavy (non-hydrogen) atoms. The highest BCUT2D eigenvalue weighted by molar-refractivity contribution is 6.00. The second-order valence-electron chi connectivity index (χ2n) is 5.27.